The van der Waals surface area contributed by atoms with E-state index in [0.29, 0.717) is 22.8 Å². The normalized spacial score (nSPS) is 13.7. The van der Waals surface area contributed by atoms with Crippen LogP contribution in [0.5, 0.6) is 0 Å². The molecule has 0 unspecified atom stereocenters. The first-order chi connectivity index (χ1) is 9.65. The number of benzene rings is 1. The zero-order chi connectivity index (χ0) is 14.1. The van der Waals surface area contributed by atoms with E-state index in [0.717, 1.165) is 19.4 Å². The molecule has 0 fully saturated rings. The van der Waals surface area contributed by atoms with E-state index < -0.39 is 5.82 Å². The number of aromatic amines is 1. The molecule has 0 amide bonds. The summed E-state index contributed by atoms with van der Waals surface area (Å²) in [6.07, 6.45) is 1.84. The Kier molecular flexibility index (Phi) is 3.44. The number of halogens is 2. The second-order valence-corrected chi connectivity index (χ2v) is 5.17. The van der Waals surface area contributed by atoms with Gasteiger partial charge in [0.1, 0.15) is 17.5 Å². The predicted octanol–water partition coefficient (Wildman–Crippen LogP) is 2.51. The molecule has 4 nitrogen and oxygen atoms in total. The number of nitrogens with zero attached hydrogens (tertiary/aromatic N) is 1. The molecule has 3 rings (SSSR count). The number of hydrogen-bond acceptors (Lipinski definition) is 3. The minimum Gasteiger partial charge on any atom is -0.370 e. The standard InChI is InChI=1S/C14H13ClFN3O/c15-10-5-1-3-8(12(10)16)7-11-18-13-9(14(20)19-11)4-2-6-17-13/h1,3,5H,2,4,6-7H2,(H2,17,18,19,20). The van der Waals surface area contributed by atoms with Crippen LogP contribution in [0, 0.1) is 5.82 Å². The molecule has 0 saturated carbocycles. The van der Waals surface area contributed by atoms with E-state index in [4.69, 9.17) is 11.6 Å². The molecule has 1 aromatic carbocycles. The fraction of sp³-hybridized carbons (Fsp3) is 0.286. The van der Waals surface area contributed by atoms with Crippen molar-refractivity contribution in [3.63, 3.8) is 0 Å². The van der Waals surface area contributed by atoms with Gasteiger partial charge in [-0.2, -0.15) is 0 Å². The van der Waals surface area contributed by atoms with E-state index in [1.807, 2.05) is 0 Å². The third-order valence-electron chi connectivity index (χ3n) is 3.35. The summed E-state index contributed by atoms with van der Waals surface area (Å²) in [5, 5.41) is 3.17. The fourth-order valence-corrected chi connectivity index (χ4v) is 2.54. The van der Waals surface area contributed by atoms with Gasteiger partial charge in [-0.3, -0.25) is 4.79 Å². The molecule has 2 heterocycles. The smallest absolute Gasteiger partial charge is 0.256 e. The molecule has 1 aromatic heterocycles. The average Bonchev–Trinajstić information content (AvgIpc) is 2.44. The van der Waals surface area contributed by atoms with Gasteiger partial charge in [0.25, 0.3) is 5.56 Å². The average molecular weight is 294 g/mol. The van der Waals surface area contributed by atoms with Crippen molar-refractivity contribution in [2.75, 3.05) is 11.9 Å². The van der Waals surface area contributed by atoms with Crippen LogP contribution in [0.3, 0.4) is 0 Å². The number of hydrogen-bond donors (Lipinski definition) is 2. The van der Waals surface area contributed by atoms with Crippen LogP contribution in [0.25, 0.3) is 0 Å². The Morgan fingerprint density at radius 3 is 3.10 bits per heavy atom. The van der Waals surface area contributed by atoms with Gasteiger partial charge in [0.15, 0.2) is 0 Å². The molecule has 1 aliphatic rings. The number of anilines is 1. The zero-order valence-corrected chi connectivity index (χ0v) is 11.4. The molecule has 0 radical (unpaired) electrons. The van der Waals surface area contributed by atoms with Crippen molar-refractivity contribution in [3.05, 3.63) is 56.3 Å². The first kappa shape index (κ1) is 13.1. The summed E-state index contributed by atoms with van der Waals surface area (Å²) in [7, 11) is 0. The number of rotatable bonds is 2. The maximum absolute atomic E-state index is 13.9. The minimum absolute atomic E-state index is 0.0703. The topological polar surface area (TPSA) is 57.8 Å². The fourth-order valence-electron chi connectivity index (χ4n) is 2.34. The van der Waals surface area contributed by atoms with Crippen LogP contribution in [0.4, 0.5) is 10.2 Å². The van der Waals surface area contributed by atoms with Gasteiger partial charge >= 0.3 is 0 Å². The molecule has 0 bridgehead atoms. The molecule has 2 N–H and O–H groups in total. The molecule has 0 saturated heterocycles. The molecular formula is C14H13ClFN3O. The van der Waals surface area contributed by atoms with Crippen molar-refractivity contribution in [1.29, 1.82) is 0 Å². The maximum Gasteiger partial charge on any atom is 0.256 e. The van der Waals surface area contributed by atoms with Crippen LogP contribution in [0.15, 0.2) is 23.0 Å². The first-order valence-electron chi connectivity index (χ1n) is 6.44. The van der Waals surface area contributed by atoms with Gasteiger partial charge in [0.2, 0.25) is 0 Å². The Bertz CT molecular complexity index is 714. The second-order valence-electron chi connectivity index (χ2n) is 4.76. The van der Waals surface area contributed by atoms with Crippen LogP contribution < -0.4 is 10.9 Å². The van der Waals surface area contributed by atoms with Gasteiger partial charge in [-0.05, 0) is 24.5 Å². The molecule has 104 valence electrons. The van der Waals surface area contributed by atoms with Crippen LogP contribution in [0.1, 0.15) is 23.4 Å². The summed E-state index contributed by atoms with van der Waals surface area (Å²) in [4.78, 5) is 19.0. The van der Waals surface area contributed by atoms with Crippen molar-refractivity contribution in [1.82, 2.24) is 9.97 Å². The van der Waals surface area contributed by atoms with Crippen molar-refractivity contribution in [3.8, 4) is 0 Å². The van der Waals surface area contributed by atoms with E-state index in [1.165, 1.54) is 6.07 Å². The Morgan fingerprint density at radius 2 is 2.25 bits per heavy atom. The molecule has 1 aliphatic heterocycles. The zero-order valence-electron chi connectivity index (χ0n) is 10.7. The molecule has 20 heavy (non-hydrogen) atoms. The monoisotopic (exact) mass is 293 g/mol. The van der Waals surface area contributed by atoms with Gasteiger partial charge in [-0.1, -0.05) is 23.7 Å². The highest BCUT2D eigenvalue weighted by Crippen LogP contribution is 2.21. The van der Waals surface area contributed by atoms with Crippen LogP contribution in [0.2, 0.25) is 5.02 Å². The minimum atomic E-state index is -0.470. The molecule has 0 spiro atoms. The third kappa shape index (κ3) is 2.41. The van der Waals surface area contributed by atoms with E-state index in [2.05, 4.69) is 15.3 Å². The summed E-state index contributed by atoms with van der Waals surface area (Å²) in [5.74, 6) is 0.573. The van der Waals surface area contributed by atoms with Gasteiger partial charge < -0.3 is 10.3 Å². The quantitative estimate of drug-likeness (QED) is 0.894. The molecule has 2 aromatic rings. The second kappa shape index (κ2) is 5.25. The van der Waals surface area contributed by atoms with Gasteiger partial charge in [-0.15, -0.1) is 0 Å². The lowest BCUT2D eigenvalue weighted by Crippen LogP contribution is -2.25. The number of H-pyrrole nitrogens is 1. The highest BCUT2D eigenvalue weighted by Gasteiger charge is 2.16. The first-order valence-corrected chi connectivity index (χ1v) is 6.82. The van der Waals surface area contributed by atoms with Crippen molar-refractivity contribution in [2.24, 2.45) is 0 Å². The summed E-state index contributed by atoms with van der Waals surface area (Å²) in [6, 6.07) is 4.80. The Morgan fingerprint density at radius 1 is 1.40 bits per heavy atom. The van der Waals surface area contributed by atoms with Gasteiger partial charge in [-0.25, -0.2) is 9.37 Å². The summed E-state index contributed by atoms with van der Waals surface area (Å²) >= 11 is 5.75. The lowest BCUT2D eigenvalue weighted by molar-refractivity contribution is 0.612. The van der Waals surface area contributed by atoms with E-state index in [1.54, 1.807) is 12.1 Å². The van der Waals surface area contributed by atoms with E-state index >= 15 is 0 Å². The van der Waals surface area contributed by atoms with Crippen LogP contribution in [-0.4, -0.2) is 16.5 Å². The van der Waals surface area contributed by atoms with E-state index in [-0.39, 0.29) is 17.0 Å². The third-order valence-corrected chi connectivity index (χ3v) is 3.64. The molecular weight excluding hydrogens is 281 g/mol. The number of fused-ring (bicyclic) bond motifs is 1. The highest BCUT2D eigenvalue weighted by atomic mass is 35.5. The molecule has 6 heteroatoms. The predicted molar refractivity (Wildman–Crippen MR) is 75.9 cm³/mol. The summed E-state index contributed by atoms with van der Waals surface area (Å²) < 4.78 is 13.9. The number of aromatic nitrogens is 2. The van der Waals surface area contributed by atoms with Gasteiger partial charge in [0, 0.05) is 13.0 Å². The van der Waals surface area contributed by atoms with Crippen LogP contribution >= 0.6 is 11.6 Å². The Hall–Kier alpha value is -1.88. The largest absolute Gasteiger partial charge is 0.370 e. The molecule has 0 atom stereocenters. The maximum atomic E-state index is 13.9. The van der Waals surface area contributed by atoms with Crippen molar-refractivity contribution in [2.45, 2.75) is 19.3 Å². The van der Waals surface area contributed by atoms with Crippen LogP contribution in [-0.2, 0) is 12.8 Å². The Labute approximate surface area is 120 Å². The lowest BCUT2D eigenvalue weighted by Gasteiger charge is -2.16. The summed E-state index contributed by atoms with van der Waals surface area (Å²) in [5.41, 5.74) is 0.933. The molecule has 0 aliphatic carbocycles. The van der Waals surface area contributed by atoms with Gasteiger partial charge in [0.05, 0.1) is 10.6 Å². The highest BCUT2D eigenvalue weighted by molar-refractivity contribution is 6.30. The van der Waals surface area contributed by atoms with E-state index in [9.17, 15) is 9.18 Å². The van der Waals surface area contributed by atoms with Crippen molar-refractivity contribution < 1.29 is 4.39 Å². The number of nitrogens with one attached hydrogen (secondary N) is 2. The SMILES string of the molecule is O=c1[nH]c(Cc2cccc(Cl)c2F)nc2c1CCCN2. The summed E-state index contributed by atoms with van der Waals surface area (Å²) in [6.45, 7) is 0.800. The Balaban J connectivity index is 1.97. The lowest BCUT2D eigenvalue weighted by atomic mass is 10.1. The van der Waals surface area contributed by atoms with Crippen molar-refractivity contribution >= 4 is 17.4 Å².